The molecule has 3 nitrogen and oxygen atoms in total. The summed E-state index contributed by atoms with van der Waals surface area (Å²) in [6, 6.07) is 8.05. The largest absolute Gasteiger partial charge is 0.491 e. The molecule has 0 aliphatic carbocycles. The van der Waals surface area contributed by atoms with Crippen molar-refractivity contribution in [2.45, 2.75) is 32.7 Å². The monoisotopic (exact) mass is 251 g/mol. The minimum atomic E-state index is 0.0312. The molecule has 0 amide bonds. The van der Waals surface area contributed by atoms with Crippen LogP contribution < -0.4 is 10.5 Å². The molecule has 1 rings (SSSR count). The summed E-state index contributed by atoms with van der Waals surface area (Å²) < 4.78 is 10.7. The van der Waals surface area contributed by atoms with Crippen LogP contribution in [0.5, 0.6) is 5.75 Å². The molecule has 0 bridgehead atoms. The summed E-state index contributed by atoms with van der Waals surface area (Å²) in [6.07, 6.45) is 2.29. The molecule has 0 radical (unpaired) electrons. The fourth-order valence-corrected chi connectivity index (χ4v) is 2.06. The topological polar surface area (TPSA) is 44.5 Å². The molecule has 0 aliphatic rings. The van der Waals surface area contributed by atoms with E-state index >= 15 is 0 Å². The predicted octanol–water partition coefficient (Wildman–Crippen LogP) is 3.15. The van der Waals surface area contributed by atoms with Crippen LogP contribution in [-0.4, -0.2) is 20.3 Å². The van der Waals surface area contributed by atoms with Crippen molar-refractivity contribution in [3.05, 3.63) is 29.8 Å². The molecule has 1 aromatic rings. The number of rotatable bonds is 8. The van der Waals surface area contributed by atoms with E-state index in [1.165, 1.54) is 0 Å². The van der Waals surface area contributed by atoms with Crippen molar-refractivity contribution in [3.8, 4) is 5.75 Å². The average molecular weight is 251 g/mol. The SMILES string of the molecule is CCCC(C)C(N)c1ccccc1OCCOC. The number of hydrogen-bond donors (Lipinski definition) is 1. The van der Waals surface area contributed by atoms with Crippen LogP contribution in [0.4, 0.5) is 0 Å². The molecule has 0 fully saturated rings. The molecular weight excluding hydrogens is 226 g/mol. The van der Waals surface area contributed by atoms with Gasteiger partial charge in [0.1, 0.15) is 12.4 Å². The van der Waals surface area contributed by atoms with Crippen LogP contribution in [0, 0.1) is 5.92 Å². The van der Waals surface area contributed by atoms with Gasteiger partial charge in [-0.1, -0.05) is 38.5 Å². The molecule has 0 heterocycles. The van der Waals surface area contributed by atoms with Crippen molar-refractivity contribution in [2.24, 2.45) is 11.7 Å². The van der Waals surface area contributed by atoms with Gasteiger partial charge in [-0.15, -0.1) is 0 Å². The van der Waals surface area contributed by atoms with Gasteiger partial charge in [-0.3, -0.25) is 0 Å². The summed E-state index contributed by atoms with van der Waals surface area (Å²) in [6.45, 7) is 5.53. The third-order valence-corrected chi connectivity index (χ3v) is 3.18. The summed E-state index contributed by atoms with van der Waals surface area (Å²) >= 11 is 0. The minimum Gasteiger partial charge on any atom is -0.491 e. The van der Waals surface area contributed by atoms with Crippen molar-refractivity contribution >= 4 is 0 Å². The summed E-state index contributed by atoms with van der Waals surface area (Å²) in [5.41, 5.74) is 7.41. The zero-order valence-electron chi connectivity index (χ0n) is 11.7. The maximum Gasteiger partial charge on any atom is 0.124 e. The van der Waals surface area contributed by atoms with E-state index in [0.29, 0.717) is 19.1 Å². The number of para-hydroxylation sites is 1. The standard InChI is InChI=1S/C15H25NO2/c1-4-7-12(2)15(16)13-8-5-6-9-14(13)18-11-10-17-3/h5-6,8-9,12,15H,4,7,10-11,16H2,1-3H3. The van der Waals surface area contributed by atoms with Gasteiger partial charge in [-0.2, -0.15) is 0 Å². The van der Waals surface area contributed by atoms with Crippen LogP contribution >= 0.6 is 0 Å². The minimum absolute atomic E-state index is 0.0312. The smallest absolute Gasteiger partial charge is 0.124 e. The fraction of sp³-hybridized carbons (Fsp3) is 0.600. The van der Waals surface area contributed by atoms with Crippen molar-refractivity contribution in [1.29, 1.82) is 0 Å². The molecule has 102 valence electrons. The van der Waals surface area contributed by atoms with E-state index < -0.39 is 0 Å². The first-order valence-corrected chi connectivity index (χ1v) is 6.67. The lowest BCUT2D eigenvalue weighted by Gasteiger charge is -2.22. The predicted molar refractivity (Wildman–Crippen MR) is 74.8 cm³/mol. The Morgan fingerprint density at radius 1 is 1.22 bits per heavy atom. The van der Waals surface area contributed by atoms with Gasteiger partial charge in [-0.05, 0) is 18.4 Å². The maximum absolute atomic E-state index is 6.32. The number of hydrogen-bond acceptors (Lipinski definition) is 3. The molecule has 2 atom stereocenters. The molecule has 0 aromatic heterocycles. The van der Waals surface area contributed by atoms with Crippen molar-refractivity contribution in [1.82, 2.24) is 0 Å². The second-order valence-corrected chi connectivity index (χ2v) is 4.67. The van der Waals surface area contributed by atoms with E-state index in [9.17, 15) is 0 Å². The van der Waals surface area contributed by atoms with Crippen molar-refractivity contribution < 1.29 is 9.47 Å². The highest BCUT2D eigenvalue weighted by Gasteiger charge is 2.17. The average Bonchev–Trinajstić information content (AvgIpc) is 2.39. The zero-order chi connectivity index (χ0) is 13.4. The van der Waals surface area contributed by atoms with E-state index in [2.05, 4.69) is 19.9 Å². The van der Waals surface area contributed by atoms with Crippen LogP contribution in [0.25, 0.3) is 0 Å². The number of benzene rings is 1. The van der Waals surface area contributed by atoms with Crippen molar-refractivity contribution in [3.63, 3.8) is 0 Å². The van der Waals surface area contributed by atoms with Crippen LogP contribution in [0.2, 0.25) is 0 Å². The van der Waals surface area contributed by atoms with Crippen molar-refractivity contribution in [2.75, 3.05) is 20.3 Å². The summed E-state index contributed by atoms with van der Waals surface area (Å²) in [5.74, 6) is 1.34. The summed E-state index contributed by atoms with van der Waals surface area (Å²) in [5, 5.41) is 0. The lowest BCUT2D eigenvalue weighted by atomic mass is 9.91. The van der Waals surface area contributed by atoms with Gasteiger partial charge in [0.15, 0.2) is 0 Å². The van der Waals surface area contributed by atoms with Gasteiger partial charge < -0.3 is 15.2 Å². The number of nitrogens with two attached hydrogens (primary N) is 1. The van der Waals surface area contributed by atoms with Gasteiger partial charge in [-0.25, -0.2) is 0 Å². The second kappa shape index (κ2) is 8.11. The normalized spacial score (nSPS) is 14.2. The molecule has 1 aromatic carbocycles. The highest BCUT2D eigenvalue weighted by Crippen LogP contribution is 2.30. The van der Waals surface area contributed by atoms with Gasteiger partial charge in [0.25, 0.3) is 0 Å². The maximum atomic E-state index is 6.32. The first-order chi connectivity index (χ1) is 8.70. The summed E-state index contributed by atoms with van der Waals surface area (Å²) in [7, 11) is 1.67. The van der Waals surface area contributed by atoms with Crippen LogP contribution in [0.1, 0.15) is 38.3 Å². The molecule has 2 N–H and O–H groups in total. The first-order valence-electron chi connectivity index (χ1n) is 6.67. The molecule has 0 saturated carbocycles. The Hall–Kier alpha value is -1.06. The van der Waals surface area contributed by atoms with Crippen LogP contribution in [0.15, 0.2) is 24.3 Å². The molecule has 0 aliphatic heterocycles. The van der Waals surface area contributed by atoms with Gasteiger partial charge in [0, 0.05) is 18.7 Å². The quantitative estimate of drug-likeness (QED) is 0.722. The molecule has 0 spiro atoms. The number of ether oxygens (including phenoxy) is 2. The zero-order valence-corrected chi connectivity index (χ0v) is 11.7. The second-order valence-electron chi connectivity index (χ2n) is 4.67. The van der Waals surface area contributed by atoms with E-state index in [-0.39, 0.29) is 6.04 Å². The lowest BCUT2D eigenvalue weighted by Crippen LogP contribution is -2.20. The molecule has 18 heavy (non-hydrogen) atoms. The van der Waals surface area contributed by atoms with E-state index in [4.69, 9.17) is 15.2 Å². The first kappa shape index (κ1) is 15.0. The molecule has 3 heteroatoms. The Balaban J connectivity index is 2.73. The molecular formula is C15H25NO2. The third kappa shape index (κ3) is 4.31. The highest BCUT2D eigenvalue weighted by atomic mass is 16.5. The number of methoxy groups -OCH3 is 1. The van der Waals surface area contributed by atoms with Crippen LogP contribution in [-0.2, 0) is 4.74 Å². The Morgan fingerprint density at radius 3 is 2.61 bits per heavy atom. The van der Waals surface area contributed by atoms with Crippen LogP contribution in [0.3, 0.4) is 0 Å². The van der Waals surface area contributed by atoms with Gasteiger partial charge >= 0.3 is 0 Å². The third-order valence-electron chi connectivity index (χ3n) is 3.18. The van der Waals surface area contributed by atoms with E-state index in [1.807, 2.05) is 18.2 Å². The summed E-state index contributed by atoms with van der Waals surface area (Å²) in [4.78, 5) is 0. The Labute approximate surface area is 110 Å². The Bertz CT molecular complexity index is 341. The fourth-order valence-electron chi connectivity index (χ4n) is 2.06. The molecule has 0 saturated heterocycles. The Morgan fingerprint density at radius 2 is 1.94 bits per heavy atom. The Kier molecular flexibility index (Phi) is 6.76. The molecule has 2 unspecified atom stereocenters. The van der Waals surface area contributed by atoms with E-state index in [1.54, 1.807) is 7.11 Å². The highest BCUT2D eigenvalue weighted by molar-refractivity contribution is 5.36. The van der Waals surface area contributed by atoms with E-state index in [0.717, 1.165) is 24.2 Å². The van der Waals surface area contributed by atoms with Gasteiger partial charge in [0.05, 0.1) is 6.61 Å². The lowest BCUT2D eigenvalue weighted by molar-refractivity contribution is 0.145. The van der Waals surface area contributed by atoms with Gasteiger partial charge in [0.2, 0.25) is 0 Å².